The van der Waals surface area contributed by atoms with E-state index in [2.05, 4.69) is 59.6 Å². The van der Waals surface area contributed by atoms with Crippen molar-refractivity contribution >= 4 is 28.3 Å². The van der Waals surface area contributed by atoms with Crippen molar-refractivity contribution in [2.75, 3.05) is 16.8 Å². The normalized spacial score (nSPS) is 16.2. The topological polar surface area (TPSA) is 58.1 Å². The van der Waals surface area contributed by atoms with Gasteiger partial charge in [-0.25, -0.2) is 4.98 Å². The van der Waals surface area contributed by atoms with Crippen LogP contribution in [0.5, 0.6) is 0 Å². The first kappa shape index (κ1) is 19.6. The Morgan fingerprint density at radius 3 is 2.69 bits per heavy atom. The molecule has 1 N–H and O–H groups in total. The lowest BCUT2D eigenvalue weighted by molar-refractivity contribution is -0.117. The van der Waals surface area contributed by atoms with Gasteiger partial charge in [-0.15, -0.1) is 0 Å². The van der Waals surface area contributed by atoms with Crippen molar-refractivity contribution in [3.05, 3.63) is 70.5 Å². The Hall–Kier alpha value is -2.73. The summed E-state index contributed by atoms with van der Waals surface area (Å²) in [7, 11) is 0. The summed E-state index contributed by atoms with van der Waals surface area (Å²) < 4.78 is 4.53. The number of aryl methyl sites for hydroxylation is 3. The van der Waals surface area contributed by atoms with Gasteiger partial charge in [-0.3, -0.25) is 4.79 Å². The number of nitrogens with zero attached hydrogens (tertiary/aromatic N) is 3. The number of carbonyl (C=O) groups is 1. The van der Waals surface area contributed by atoms with E-state index in [1.807, 2.05) is 18.2 Å². The molecule has 4 rings (SSSR count). The van der Waals surface area contributed by atoms with E-state index in [0.717, 1.165) is 36.0 Å². The van der Waals surface area contributed by atoms with Gasteiger partial charge in [0.2, 0.25) is 11.0 Å². The number of benzene rings is 2. The molecule has 5 nitrogen and oxygen atoms in total. The quantitative estimate of drug-likeness (QED) is 0.669. The molecule has 1 saturated heterocycles. The first-order valence-electron chi connectivity index (χ1n) is 10.0. The van der Waals surface area contributed by atoms with Crippen molar-refractivity contribution in [3.63, 3.8) is 0 Å². The van der Waals surface area contributed by atoms with Crippen LogP contribution in [0.4, 0.5) is 10.8 Å². The van der Waals surface area contributed by atoms with Gasteiger partial charge >= 0.3 is 0 Å². The van der Waals surface area contributed by atoms with Gasteiger partial charge in [0.25, 0.3) is 0 Å². The predicted molar refractivity (Wildman–Crippen MR) is 119 cm³/mol. The zero-order valence-corrected chi connectivity index (χ0v) is 17.9. The van der Waals surface area contributed by atoms with E-state index in [9.17, 15) is 4.79 Å². The molecule has 2 aromatic carbocycles. The summed E-state index contributed by atoms with van der Waals surface area (Å²) >= 11 is 1.39. The highest BCUT2D eigenvalue weighted by Crippen LogP contribution is 2.28. The van der Waals surface area contributed by atoms with Crippen LogP contribution in [-0.4, -0.2) is 27.9 Å². The molecule has 0 spiro atoms. The molecule has 1 fully saturated rings. The Balaban J connectivity index is 1.45. The van der Waals surface area contributed by atoms with E-state index >= 15 is 0 Å². The molecular weight excluding hydrogens is 380 g/mol. The van der Waals surface area contributed by atoms with Crippen molar-refractivity contribution < 1.29 is 4.79 Å². The minimum atomic E-state index is -0.197. The van der Waals surface area contributed by atoms with Gasteiger partial charge in [-0.05, 0) is 62.4 Å². The van der Waals surface area contributed by atoms with Crippen LogP contribution in [0.25, 0.3) is 0 Å². The molecule has 0 bridgehead atoms. The van der Waals surface area contributed by atoms with Crippen LogP contribution in [0.3, 0.4) is 0 Å². The van der Waals surface area contributed by atoms with Crippen molar-refractivity contribution in [2.45, 2.75) is 46.1 Å². The lowest BCUT2D eigenvalue weighted by Gasteiger charge is -2.22. The summed E-state index contributed by atoms with van der Waals surface area (Å²) in [5.74, 6) is 0.843. The predicted octanol–water partition coefficient (Wildman–Crippen LogP) is 4.66. The van der Waals surface area contributed by atoms with Crippen LogP contribution in [0.15, 0.2) is 42.5 Å². The van der Waals surface area contributed by atoms with Crippen molar-refractivity contribution in [3.8, 4) is 0 Å². The molecule has 3 aromatic rings. The number of carbonyl (C=O) groups excluding carboxylic acids is 1. The third-order valence-electron chi connectivity index (χ3n) is 5.52. The van der Waals surface area contributed by atoms with Crippen molar-refractivity contribution in [2.24, 2.45) is 0 Å². The Morgan fingerprint density at radius 2 is 1.93 bits per heavy atom. The van der Waals surface area contributed by atoms with E-state index in [1.165, 1.54) is 33.8 Å². The highest BCUT2D eigenvalue weighted by atomic mass is 32.1. The summed E-state index contributed by atoms with van der Waals surface area (Å²) in [4.78, 5) is 19.8. The number of nitrogens with one attached hydrogen (secondary N) is 1. The fraction of sp³-hybridized carbons (Fsp3) is 0.348. The maximum atomic E-state index is 12.9. The van der Waals surface area contributed by atoms with E-state index < -0.39 is 0 Å². The van der Waals surface area contributed by atoms with Gasteiger partial charge in [0.1, 0.15) is 11.9 Å². The fourth-order valence-electron chi connectivity index (χ4n) is 3.63. The number of aromatic nitrogens is 2. The number of hydrogen-bond donors (Lipinski definition) is 1. The Morgan fingerprint density at radius 1 is 1.14 bits per heavy atom. The Kier molecular flexibility index (Phi) is 5.62. The lowest BCUT2D eigenvalue weighted by atomic mass is 10.1. The maximum Gasteiger partial charge on any atom is 0.247 e. The lowest BCUT2D eigenvalue weighted by Crippen LogP contribution is -2.39. The number of hydrogen-bond acceptors (Lipinski definition) is 5. The molecule has 0 radical (unpaired) electrons. The summed E-state index contributed by atoms with van der Waals surface area (Å²) in [5, 5.41) is 3.92. The molecule has 2 heterocycles. The smallest absolute Gasteiger partial charge is 0.247 e. The number of amides is 1. The van der Waals surface area contributed by atoms with Gasteiger partial charge in [-0.2, -0.15) is 4.37 Å². The molecule has 1 amide bonds. The summed E-state index contributed by atoms with van der Waals surface area (Å²) in [6.07, 6.45) is 2.53. The molecule has 150 valence electrons. The Bertz CT molecular complexity index is 1010. The Labute approximate surface area is 176 Å². The molecule has 1 aromatic heterocycles. The van der Waals surface area contributed by atoms with Gasteiger partial charge in [0, 0.05) is 30.2 Å². The molecule has 0 saturated carbocycles. The molecule has 1 atom stereocenters. The average molecular weight is 407 g/mol. The zero-order valence-electron chi connectivity index (χ0n) is 17.1. The second kappa shape index (κ2) is 8.33. The second-order valence-electron chi connectivity index (χ2n) is 7.80. The molecular formula is C23H26N4OS. The molecule has 1 aliphatic rings. The maximum absolute atomic E-state index is 12.9. The summed E-state index contributed by atoms with van der Waals surface area (Å²) in [6, 6.07) is 14.3. The van der Waals surface area contributed by atoms with Crippen LogP contribution >= 0.6 is 11.5 Å². The summed E-state index contributed by atoms with van der Waals surface area (Å²) in [5.41, 5.74) is 5.69. The van der Waals surface area contributed by atoms with Crippen LogP contribution < -0.4 is 10.2 Å². The molecule has 6 heteroatoms. The molecule has 1 aliphatic heterocycles. The first-order valence-corrected chi connectivity index (χ1v) is 10.8. The first-order chi connectivity index (χ1) is 14.0. The van der Waals surface area contributed by atoms with Gasteiger partial charge in [-0.1, -0.05) is 35.9 Å². The van der Waals surface area contributed by atoms with E-state index in [-0.39, 0.29) is 11.9 Å². The van der Waals surface area contributed by atoms with Gasteiger partial charge in [0.15, 0.2) is 0 Å². The third kappa shape index (κ3) is 4.48. The minimum absolute atomic E-state index is 0.0287. The second-order valence-corrected chi connectivity index (χ2v) is 8.53. The van der Waals surface area contributed by atoms with Gasteiger partial charge < -0.3 is 10.2 Å². The van der Waals surface area contributed by atoms with Crippen LogP contribution in [0.1, 0.15) is 40.9 Å². The van der Waals surface area contributed by atoms with Gasteiger partial charge in [0.05, 0.1) is 0 Å². The van der Waals surface area contributed by atoms with E-state index in [1.54, 1.807) is 0 Å². The standard InChI is InChI=1S/C23H26N4OS/c1-15-6-9-18(10-7-15)14-21-25-23(29-26-21)27-12-4-5-20(27)22(28)24-19-11-8-16(2)17(3)13-19/h6-11,13,20H,4-5,12,14H2,1-3H3,(H,24,28)/t20-/m0/s1. The third-order valence-corrected chi connectivity index (χ3v) is 6.31. The van der Waals surface area contributed by atoms with Crippen molar-refractivity contribution in [1.82, 2.24) is 9.36 Å². The van der Waals surface area contributed by atoms with E-state index in [4.69, 9.17) is 4.98 Å². The number of rotatable bonds is 5. The highest BCUT2D eigenvalue weighted by molar-refractivity contribution is 7.09. The van der Waals surface area contributed by atoms with Crippen LogP contribution in [-0.2, 0) is 11.2 Å². The van der Waals surface area contributed by atoms with Crippen molar-refractivity contribution in [1.29, 1.82) is 0 Å². The molecule has 0 aliphatic carbocycles. The monoisotopic (exact) mass is 406 g/mol. The average Bonchev–Trinajstić information content (AvgIpc) is 3.36. The number of anilines is 2. The largest absolute Gasteiger partial charge is 0.335 e. The van der Waals surface area contributed by atoms with Crippen LogP contribution in [0, 0.1) is 20.8 Å². The minimum Gasteiger partial charge on any atom is -0.335 e. The molecule has 0 unspecified atom stereocenters. The summed E-state index contributed by atoms with van der Waals surface area (Å²) in [6.45, 7) is 7.05. The molecule has 29 heavy (non-hydrogen) atoms. The zero-order chi connectivity index (χ0) is 20.4. The highest BCUT2D eigenvalue weighted by Gasteiger charge is 2.33. The van der Waals surface area contributed by atoms with E-state index in [0.29, 0.717) is 6.42 Å². The fourth-order valence-corrected chi connectivity index (χ4v) is 4.40. The van der Waals surface area contributed by atoms with Crippen LogP contribution in [0.2, 0.25) is 0 Å². The SMILES string of the molecule is Cc1ccc(Cc2nsc(N3CCC[C@H]3C(=O)Nc3ccc(C)c(C)c3)n2)cc1.